The second kappa shape index (κ2) is 10.6. The van der Waals surface area contributed by atoms with Gasteiger partial charge in [0.25, 0.3) is 17.2 Å². The molecule has 1 amide bonds. The van der Waals surface area contributed by atoms with Gasteiger partial charge in [0, 0.05) is 11.9 Å². The number of benzene rings is 2. The van der Waals surface area contributed by atoms with Gasteiger partial charge < -0.3 is 9.42 Å². The highest BCUT2D eigenvalue weighted by atomic mass is 16.5. The number of nitrogens with zero attached hydrogens (tertiary/aromatic N) is 6. The molecule has 9 nitrogen and oxygen atoms in total. The Kier molecular flexibility index (Phi) is 6.96. The molecule has 5 rings (SSSR count). The van der Waals surface area contributed by atoms with Crippen LogP contribution >= 0.6 is 0 Å². The van der Waals surface area contributed by atoms with Crippen LogP contribution in [0.3, 0.4) is 0 Å². The number of carbonyl (C=O) groups excluding carboxylic acids is 1. The molecular weight excluding hydrogens is 480 g/mol. The normalized spacial score (nSPS) is 11.9. The van der Waals surface area contributed by atoms with Crippen molar-refractivity contribution < 1.29 is 9.32 Å². The van der Waals surface area contributed by atoms with Crippen LogP contribution in [0.1, 0.15) is 53.4 Å². The largest absolute Gasteiger partial charge is 0.335 e. The third kappa shape index (κ3) is 4.64. The first-order valence-electron chi connectivity index (χ1n) is 12.5. The van der Waals surface area contributed by atoms with Crippen molar-refractivity contribution in [3.63, 3.8) is 0 Å². The number of fused-ring (bicyclic) bond motifs is 2. The number of rotatable bonds is 8. The molecule has 0 saturated carbocycles. The van der Waals surface area contributed by atoms with Crippen molar-refractivity contribution in [2.24, 2.45) is 0 Å². The fraction of sp³-hybridized carbons (Fsp3) is 0.241. The van der Waals surface area contributed by atoms with E-state index in [1.54, 1.807) is 22.5 Å². The molecule has 0 N–H and O–H groups in total. The fourth-order valence-electron chi connectivity index (χ4n) is 4.70. The van der Waals surface area contributed by atoms with E-state index in [1.165, 1.54) is 0 Å². The minimum Gasteiger partial charge on any atom is -0.335 e. The van der Waals surface area contributed by atoms with Gasteiger partial charge >= 0.3 is 0 Å². The average Bonchev–Trinajstić information content (AvgIpc) is 3.33. The summed E-state index contributed by atoms with van der Waals surface area (Å²) in [6.07, 6.45) is 0.563. The smallest absolute Gasteiger partial charge is 0.273 e. The Bertz CT molecular complexity index is 1720. The number of aromatic nitrogens is 4. The Hall–Kier alpha value is -4.84. The van der Waals surface area contributed by atoms with Gasteiger partial charge in [-0.15, -0.1) is 0 Å². The zero-order valence-electron chi connectivity index (χ0n) is 21.2. The number of nitriles is 1. The summed E-state index contributed by atoms with van der Waals surface area (Å²) in [6.45, 7) is 4.03. The maximum Gasteiger partial charge on any atom is 0.273 e. The minimum absolute atomic E-state index is 0.113. The fourth-order valence-corrected chi connectivity index (χ4v) is 4.70. The van der Waals surface area contributed by atoms with Crippen molar-refractivity contribution in [1.82, 2.24) is 24.6 Å². The Morgan fingerprint density at radius 2 is 1.84 bits per heavy atom. The van der Waals surface area contributed by atoms with Gasteiger partial charge in [-0.1, -0.05) is 66.7 Å². The highest BCUT2D eigenvalue weighted by Gasteiger charge is 2.31. The van der Waals surface area contributed by atoms with Gasteiger partial charge in [0.15, 0.2) is 0 Å². The van der Waals surface area contributed by atoms with Crippen LogP contribution in [0, 0.1) is 18.3 Å². The number of aryl methyl sites for hydroxylation is 1. The van der Waals surface area contributed by atoms with Crippen molar-refractivity contribution in [1.29, 1.82) is 5.26 Å². The van der Waals surface area contributed by atoms with E-state index < -0.39 is 6.04 Å². The molecule has 1 atom stereocenters. The van der Waals surface area contributed by atoms with E-state index >= 15 is 0 Å². The monoisotopic (exact) mass is 506 g/mol. The molecule has 0 saturated heterocycles. The van der Waals surface area contributed by atoms with Gasteiger partial charge in [0.1, 0.15) is 16.9 Å². The summed E-state index contributed by atoms with van der Waals surface area (Å²) >= 11 is 0. The van der Waals surface area contributed by atoms with Gasteiger partial charge in [-0.25, -0.2) is 4.98 Å². The molecule has 3 heterocycles. The molecule has 9 heteroatoms. The molecule has 0 fully saturated rings. The molecule has 3 aromatic heterocycles. The van der Waals surface area contributed by atoms with E-state index in [1.807, 2.05) is 67.6 Å². The summed E-state index contributed by atoms with van der Waals surface area (Å²) in [6, 6.07) is 22.2. The van der Waals surface area contributed by atoms with Crippen molar-refractivity contribution >= 4 is 27.9 Å². The molecular formula is C29H26N6O3. The lowest BCUT2D eigenvalue weighted by molar-refractivity contribution is 0.0656. The SMILES string of the molecule is CCC(c1nc2onc(C)c2c(=O)n1Cc1ccccc1)N(CCC#N)C(=O)c1ccc2ccccc2n1. The van der Waals surface area contributed by atoms with Gasteiger partial charge in [0.2, 0.25) is 0 Å². The summed E-state index contributed by atoms with van der Waals surface area (Å²) in [7, 11) is 0. The molecule has 0 aliphatic heterocycles. The summed E-state index contributed by atoms with van der Waals surface area (Å²) in [5, 5.41) is 14.6. The number of pyridine rings is 1. The van der Waals surface area contributed by atoms with Crippen molar-refractivity contribution in [2.75, 3.05) is 6.54 Å². The van der Waals surface area contributed by atoms with E-state index in [-0.39, 0.29) is 42.4 Å². The molecule has 0 spiro atoms. The van der Waals surface area contributed by atoms with Gasteiger partial charge in [0.05, 0.1) is 36.3 Å². The van der Waals surface area contributed by atoms with Crippen molar-refractivity contribution in [3.05, 3.63) is 99.9 Å². The standard InChI is InChI=1S/C29H26N6O3/c1-3-24(34(17-9-16-30)28(36)23-15-14-21-12-7-8-13-22(21)31-23)26-32-27-25(19(2)33-38-27)29(37)35(26)18-20-10-5-4-6-11-20/h4-8,10-15,24H,3,9,17-18H2,1-2H3. The Balaban J connectivity index is 1.65. The quantitative estimate of drug-likeness (QED) is 0.297. The number of hydrogen-bond donors (Lipinski definition) is 0. The first-order chi connectivity index (χ1) is 18.5. The lowest BCUT2D eigenvalue weighted by Crippen LogP contribution is -2.39. The van der Waals surface area contributed by atoms with Crippen LogP contribution in [0.5, 0.6) is 0 Å². The summed E-state index contributed by atoms with van der Waals surface area (Å²) in [5.74, 6) is 0.0318. The van der Waals surface area contributed by atoms with Crippen LogP contribution in [-0.2, 0) is 6.54 Å². The molecule has 190 valence electrons. The van der Waals surface area contributed by atoms with Crippen LogP contribution < -0.4 is 5.56 Å². The van der Waals surface area contributed by atoms with Crippen LogP contribution in [0.25, 0.3) is 22.0 Å². The number of amides is 1. The highest BCUT2D eigenvalue weighted by Crippen LogP contribution is 2.27. The summed E-state index contributed by atoms with van der Waals surface area (Å²) in [4.78, 5) is 38.5. The summed E-state index contributed by atoms with van der Waals surface area (Å²) in [5.41, 5.74) is 2.16. The van der Waals surface area contributed by atoms with Gasteiger partial charge in [-0.2, -0.15) is 10.2 Å². The molecule has 1 unspecified atom stereocenters. The predicted molar refractivity (Wildman–Crippen MR) is 142 cm³/mol. The van der Waals surface area contributed by atoms with Crippen molar-refractivity contribution in [2.45, 2.75) is 39.3 Å². The molecule has 5 aromatic rings. The third-order valence-electron chi connectivity index (χ3n) is 6.58. The van der Waals surface area contributed by atoms with Crippen LogP contribution in [0.4, 0.5) is 0 Å². The Morgan fingerprint density at radius 1 is 1.08 bits per heavy atom. The van der Waals surface area contributed by atoms with Crippen LogP contribution in [-0.4, -0.2) is 37.0 Å². The number of hydrogen-bond acceptors (Lipinski definition) is 7. The van der Waals surface area contributed by atoms with E-state index in [4.69, 9.17) is 9.51 Å². The molecule has 0 aliphatic rings. The topological polar surface area (TPSA) is 118 Å². The first-order valence-corrected chi connectivity index (χ1v) is 12.5. The maximum absolute atomic E-state index is 13.9. The molecule has 0 radical (unpaired) electrons. The highest BCUT2D eigenvalue weighted by molar-refractivity contribution is 5.95. The van der Waals surface area contributed by atoms with Gasteiger partial charge in [-0.05, 0) is 31.0 Å². The second-order valence-corrected chi connectivity index (χ2v) is 9.01. The number of carbonyl (C=O) groups is 1. The van der Waals surface area contributed by atoms with E-state index in [0.29, 0.717) is 28.8 Å². The zero-order valence-corrected chi connectivity index (χ0v) is 21.2. The Labute approximate surface area is 219 Å². The lowest BCUT2D eigenvalue weighted by Gasteiger charge is -2.31. The third-order valence-corrected chi connectivity index (χ3v) is 6.58. The van der Waals surface area contributed by atoms with E-state index in [0.717, 1.165) is 10.9 Å². The second-order valence-electron chi connectivity index (χ2n) is 9.01. The maximum atomic E-state index is 13.9. The van der Waals surface area contributed by atoms with E-state index in [9.17, 15) is 14.9 Å². The average molecular weight is 507 g/mol. The molecule has 2 aromatic carbocycles. The molecule has 0 aliphatic carbocycles. The zero-order chi connectivity index (χ0) is 26.6. The molecule has 38 heavy (non-hydrogen) atoms. The van der Waals surface area contributed by atoms with Gasteiger partial charge in [-0.3, -0.25) is 14.2 Å². The minimum atomic E-state index is -0.615. The predicted octanol–water partition coefficient (Wildman–Crippen LogP) is 4.80. The van der Waals surface area contributed by atoms with Crippen LogP contribution in [0.2, 0.25) is 0 Å². The lowest BCUT2D eigenvalue weighted by atomic mass is 10.1. The Morgan fingerprint density at radius 3 is 2.61 bits per heavy atom. The first kappa shape index (κ1) is 24.8. The number of para-hydroxylation sites is 1. The summed E-state index contributed by atoms with van der Waals surface area (Å²) < 4.78 is 6.96. The van der Waals surface area contributed by atoms with E-state index in [2.05, 4.69) is 16.2 Å². The molecule has 0 bridgehead atoms. The van der Waals surface area contributed by atoms with Crippen molar-refractivity contribution in [3.8, 4) is 6.07 Å². The van der Waals surface area contributed by atoms with Crippen LogP contribution in [0.15, 0.2) is 76.0 Å².